The Bertz CT molecular complexity index is 665. The van der Waals surface area contributed by atoms with Crippen LogP contribution in [0.5, 0.6) is 0 Å². The fourth-order valence-electron chi connectivity index (χ4n) is 2.07. The molecular weight excluding hydrogens is 408 g/mol. The molecule has 0 amide bonds. The number of benzene rings is 2. The Morgan fingerprint density at radius 3 is 2.52 bits per heavy atom. The minimum atomic E-state index is -0.635. The Morgan fingerprint density at radius 2 is 1.86 bits per heavy atom. The summed E-state index contributed by atoms with van der Waals surface area (Å²) in [5, 5.41) is 0. The molecule has 0 aliphatic carbocycles. The number of hydrogen-bond acceptors (Lipinski definition) is 3. The predicted octanol–water partition coefficient (Wildman–Crippen LogP) is 3.82. The van der Waals surface area contributed by atoms with Crippen LogP contribution in [0.25, 0.3) is 0 Å². The molecule has 112 valence electrons. The Morgan fingerprint density at radius 1 is 1.14 bits per heavy atom. The normalized spacial score (nSPS) is 12.4. The van der Waals surface area contributed by atoms with Crippen molar-refractivity contribution in [2.75, 3.05) is 5.73 Å². The second-order valence-electron chi connectivity index (χ2n) is 4.52. The van der Waals surface area contributed by atoms with Crippen LogP contribution >= 0.6 is 31.9 Å². The molecule has 0 bridgehead atoms. The molecule has 5 N–H and O–H groups in total. The van der Waals surface area contributed by atoms with E-state index in [1.807, 2.05) is 0 Å². The number of nitrogens with one attached hydrogen (secondary N) is 1. The fraction of sp³-hybridized carbons (Fsp3) is 0.143. The first kappa shape index (κ1) is 16.4. The lowest BCUT2D eigenvalue weighted by Gasteiger charge is -2.19. The van der Waals surface area contributed by atoms with Crippen molar-refractivity contribution in [3.8, 4) is 0 Å². The van der Waals surface area contributed by atoms with E-state index in [0.717, 1.165) is 4.47 Å². The lowest BCUT2D eigenvalue weighted by Crippen LogP contribution is -2.30. The Hall–Kier alpha value is -1.02. The molecule has 1 atom stereocenters. The topological polar surface area (TPSA) is 64.1 Å². The first-order valence-corrected chi connectivity index (χ1v) is 7.66. The highest BCUT2D eigenvalue weighted by Crippen LogP contribution is 2.30. The van der Waals surface area contributed by atoms with E-state index < -0.39 is 17.7 Å². The number of nitrogen functional groups attached to an aromatic ring is 1. The maximum Gasteiger partial charge on any atom is 0.143 e. The molecule has 21 heavy (non-hydrogen) atoms. The van der Waals surface area contributed by atoms with Gasteiger partial charge in [0.05, 0.1) is 10.5 Å². The number of hydrazine groups is 1. The molecule has 0 spiro atoms. The van der Waals surface area contributed by atoms with E-state index in [-0.39, 0.29) is 16.5 Å². The summed E-state index contributed by atoms with van der Waals surface area (Å²) in [6.45, 7) is 0. The second kappa shape index (κ2) is 6.83. The highest BCUT2D eigenvalue weighted by molar-refractivity contribution is 9.10. The number of nitrogens with two attached hydrogens (primary N) is 2. The van der Waals surface area contributed by atoms with Crippen LogP contribution in [-0.2, 0) is 6.42 Å². The monoisotopic (exact) mass is 419 g/mol. The molecule has 0 saturated carbocycles. The van der Waals surface area contributed by atoms with Gasteiger partial charge in [-0.15, -0.1) is 0 Å². The zero-order chi connectivity index (χ0) is 15.6. The Balaban J connectivity index is 2.40. The van der Waals surface area contributed by atoms with E-state index in [0.29, 0.717) is 11.3 Å². The zero-order valence-corrected chi connectivity index (χ0v) is 14.0. The fourth-order valence-corrected chi connectivity index (χ4v) is 2.82. The maximum absolute atomic E-state index is 14.1. The number of halogens is 4. The van der Waals surface area contributed by atoms with Crippen LogP contribution in [-0.4, -0.2) is 0 Å². The van der Waals surface area contributed by atoms with Crippen LogP contribution in [0.15, 0.2) is 39.3 Å². The molecule has 0 aliphatic rings. The van der Waals surface area contributed by atoms with Crippen LogP contribution in [0, 0.1) is 11.6 Å². The standard InChI is InChI=1S/C14H13Br2F2N3/c15-7-1-4-12(19)9(5-7)13(21-20)6-8-11(17)3-2-10(16)14(8)18/h1-5,13,21H,6,19-20H2. The third-order valence-corrected chi connectivity index (χ3v) is 4.28. The van der Waals surface area contributed by atoms with Crippen molar-refractivity contribution in [2.24, 2.45) is 5.84 Å². The molecule has 2 aromatic carbocycles. The van der Waals surface area contributed by atoms with Crippen LogP contribution in [0.3, 0.4) is 0 Å². The SMILES string of the molecule is NNC(Cc1c(F)ccc(Br)c1F)c1cc(Br)ccc1N. The van der Waals surface area contributed by atoms with Gasteiger partial charge in [-0.2, -0.15) is 0 Å². The predicted molar refractivity (Wildman–Crippen MR) is 86.4 cm³/mol. The number of hydrogen-bond donors (Lipinski definition) is 3. The number of anilines is 1. The smallest absolute Gasteiger partial charge is 0.143 e. The van der Waals surface area contributed by atoms with Gasteiger partial charge in [-0.3, -0.25) is 11.3 Å². The summed E-state index contributed by atoms with van der Waals surface area (Å²) < 4.78 is 28.9. The molecule has 0 aromatic heterocycles. The lowest BCUT2D eigenvalue weighted by atomic mass is 9.97. The molecule has 0 heterocycles. The van der Waals surface area contributed by atoms with Crippen molar-refractivity contribution in [1.82, 2.24) is 5.43 Å². The minimum Gasteiger partial charge on any atom is -0.398 e. The quantitative estimate of drug-likeness (QED) is 0.305. The third-order valence-electron chi connectivity index (χ3n) is 3.17. The summed E-state index contributed by atoms with van der Waals surface area (Å²) in [5.41, 5.74) is 9.59. The Labute approximate surface area is 137 Å². The molecule has 0 fully saturated rings. The summed E-state index contributed by atoms with van der Waals surface area (Å²) >= 11 is 6.39. The average molecular weight is 421 g/mol. The van der Waals surface area contributed by atoms with Crippen molar-refractivity contribution in [3.63, 3.8) is 0 Å². The van der Waals surface area contributed by atoms with Crippen molar-refractivity contribution in [3.05, 3.63) is 62.0 Å². The molecule has 0 saturated heterocycles. The lowest BCUT2D eigenvalue weighted by molar-refractivity contribution is 0.498. The van der Waals surface area contributed by atoms with Crippen LogP contribution < -0.4 is 17.0 Å². The van der Waals surface area contributed by atoms with Gasteiger partial charge in [-0.1, -0.05) is 15.9 Å². The van der Waals surface area contributed by atoms with Crippen LogP contribution in [0.4, 0.5) is 14.5 Å². The summed E-state index contributed by atoms with van der Waals surface area (Å²) in [6, 6.07) is 7.28. The van der Waals surface area contributed by atoms with Gasteiger partial charge in [-0.25, -0.2) is 8.78 Å². The van der Waals surface area contributed by atoms with Crippen LogP contribution in [0.1, 0.15) is 17.2 Å². The van der Waals surface area contributed by atoms with E-state index in [2.05, 4.69) is 37.3 Å². The van der Waals surface area contributed by atoms with Gasteiger partial charge < -0.3 is 5.73 Å². The first-order chi connectivity index (χ1) is 9.93. The van der Waals surface area contributed by atoms with E-state index in [1.54, 1.807) is 18.2 Å². The maximum atomic E-state index is 14.1. The Kier molecular flexibility index (Phi) is 5.32. The molecule has 7 heteroatoms. The minimum absolute atomic E-state index is 0.0360. The third kappa shape index (κ3) is 3.60. The summed E-state index contributed by atoms with van der Waals surface area (Å²) in [4.78, 5) is 0. The molecule has 2 rings (SSSR count). The van der Waals surface area contributed by atoms with Gasteiger partial charge in [0.15, 0.2) is 0 Å². The first-order valence-electron chi connectivity index (χ1n) is 6.07. The van der Waals surface area contributed by atoms with E-state index in [1.165, 1.54) is 12.1 Å². The molecule has 3 nitrogen and oxygen atoms in total. The largest absolute Gasteiger partial charge is 0.398 e. The van der Waals surface area contributed by atoms with Crippen molar-refractivity contribution in [2.45, 2.75) is 12.5 Å². The van der Waals surface area contributed by atoms with Gasteiger partial charge in [0.1, 0.15) is 11.6 Å². The van der Waals surface area contributed by atoms with Crippen LogP contribution in [0.2, 0.25) is 0 Å². The van der Waals surface area contributed by atoms with Gasteiger partial charge in [0.25, 0.3) is 0 Å². The molecule has 0 aliphatic heterocycles. The van der Waals surface area contributed by atoms with E-state index in [9.17, 15) is 8.78 Å². The number of rotatable bonds is 4. The summed E-state index contributed by atoms with van der Waals surface area (Å²) in [6.07, 6.45) is 0.0360. The molecule has 2 aromatic rings. The van der Waals surface area contributed by atoms with Gasteiger partial charge in [0.2, 0.25) is 0 Å². The second-order valence-corrected chi connectivity index (χ2v) is 6.29. The average Bonchev–Trinajstić information content (AvgIpc) is 2.46. The highest BCUT2D eigenvalue weighted by atomic mass is 79.9. The molecule has 1 unspecified atom stereocenters. The summed E-state index contributed by atoms with van der Waals surface area (Å²) in [7, 11) is 0. The van der Waals surface area contributed by atoms with E-state index in [4.69, 9.17) is 11.6 Å². The molecule has 0 radical (unpaired) electrons. The molecular formula is C14H13Br2F2N3. The van der Waals surface area contributed by atoms with Gasteiger partial charge in [-0.05, 0) is 58.2 Å². The van der Waals surface area contributed by atoms with Gasteiger partial charge >= 0.3 is 0 Å². The van der Waals surface area contributed by atoms with E-state index >= 15 is 0 Å². The summed E-state index contributed by atoms with van der Waals surface area (Å²) in [5.74, 6) is 4.28. The van der Waals surface area contributed by atoms with Crippen molar-refractivity contribution < 1.29 is 8.78 Å². The van der Waals surface area contributed by atoms with Gasteiger partial charge in [0, 0.05) is 15.7 Å². The van der Waals surface area contributed by atoms with Crippen molar-refractivity contribution >= 4 is 37.5 Å². The van der Waals surface area contributed by atoms with Crippen molar-refractivity contribution in [1.29, 1.82) is 0 Å². The zero-order valence-electron chi connectivity index (χ0n) is 10.8. The highest BCUT2D eigenvalue weighted by Gasteiger charge is 2.20.